The van der Waals surface area contributed by atoms with Gasteiger partial charge in [-0.05, 0) is 18.2 Å². The topological polar surface area (TPSA) is 124 Å². The molecule has 0 unspecified atom stereocenters. The number of furan rings is 1. The number of carbonyl (C=O) groups excluding carboxylic acids is 2. The smallest absolute Gasteiger partial charge is 0.293 e. The molecule has 3 N–H and O–H groups in total. The highest BCUT2D eigenvalue weighted by atomic mass is 32.1. The number of hydrogen-bond acceptors (Lipinski definition) is 7. The average Bonchev–Trinajstić information content (AvgIpc) is 3.42. The predicted molar refractivity (Wildman–Crippen MR) is 98.2 cm³/mol. The first-order valence-corrected chi connectivity index (χ1v) is 8.66. The van der Waals surface area contributed by atoms with Gasteiger partial charge in [-0.25, -0.2) is 4.98 Å². The van der Waals surface area contributed by atoms with E-state index < -0.39 is 11.8 Å². The molecule has 0 aliphatic rings. The van der Waals surface area contributed by atoms with Crippen LogP contribution in [-0.4, -0.2) is 22.0 Å². The van der Waals surface area contributed by atoms with Crippen molar-refractivity contribution in [2.24, 2.45) is 5.73 Å². The number of amides is 2. The molecule has 0 aliphatic heterocycles. The molecular formula is C18H12N4O4S. The minimum atomic E-state index is -0.611. The van der Waals surface area contributed by atoms with Gasteiger partial charge < -0.3 is 14.7 Å². The lowest BCUT2D eigenvalue weighted by Gasteiger charge is -2.08. The molecule has 0 bridgehead atoms. The van der Waals surface area contributed by atoms with Crippen LogP contribution in [0.25, 0.3) is 21.8 Å². The largest absolute Gasteiger partial charge is 0.459 e. The van der Waals surface area contributed by atoms with Crippen molar-refractivity contribution in [2.75, 3.05) is 5.32 Å². The van der Waals surface area contributed by atoms with Crippen LogP contribution >= 0.6 is 11.3 Å². The number of primary amides is 1. The van der Waals surface area contributed by atoms with E-state index in [1.807, 2.05) is 0 Å². The highest BCUT2D eigenvalue weighted by Crippen LogP contribution is 2.40. The van der Waals surface area contributed by atoms with Gasteiger partial charge in [0.1, 0.15) is 5.01 Å². The standard InChI is InChI=1S/C18H12N4O4S/c19-15(23)11-5-2-1-4-10(11)13-14(18-20-7-9-27-18)22-26-17(13)21-16(24)12-6-3-8-25-12/h1-9H,(H2,19,23)(H,21,24). The maximum atomic E-state index is 12.4. The molecule has 0 saturated heterocycles. The number of rotatable bonds is 5. The van der Waals surface area contributed by atoms with Crippen LogP contribution in [0, 0.1) is 0 Å². The molecule has 9 heteroatoms. The number of hydrogen-bond donors (Lipinski definition) is 2. The van der Waals surface area contributed by atoms with E-state index in [-0.39, 0.29) is 17.2 Å². The summed E-state index contributed by atoms with van der Waals surface area (Å²) in [6.45, 7) is 0. The molecule has 8 nitrogen and oxygen atoms in total. The minimum Gasteiger partial charge on any atom is -0.459 e. The van der Waals surface area contributed by atoms with Gasteiger partial charge in [-0.2, -0.15) is 0 Å². The van der Waals surface area contributed by atoms with E-state index in [9.17, 15) is 9.59 Å². The second kappa shape index (κ2) is 6.89. The van der Waals surface area contributed by atoms with Gasteiger partial charge >= 0.3 is 0 Å². The molecule has 3 aromatic heterocycles. The monoisotopic (exact) mass is 380 g/mol. The Bertz CT molecular complexity index is 1100. The van der Waals surface area contributed by atoms with E-state index in [2.05, 4.69) is 15.5 Å². The van der Waals surface area contributed by atoms with Crippen molar-refractivity contribution in [2.45, 2.75) is 0 Å². The fourth-order valence-corrected chi connectivity index (χ4v) is 3.22. The maximum absolute atomic E-state index is 12.4. The molecule has 0 fully saturated rings. The minimum absolute atomic E-state index is 0.0651. The normalized spacial score (nSPS) is 10.7. The summed E-state index contributed by atoms with van der Waals surface area (Å²) in [5.74, 6) is -0.952. The van der Waals surface area contributed by atoms with Gasteiger partial charge in [-0.3, -0.25) is 14.9 Å². The molecule has 0 atom stereocenters. The van der Waals surface area contributed by atoms with Crippen molar-refractivity contribution in [1.29, 1.82) is 0 Å². The van der Waals surface area contributed by atoms with Crippen molar-refractivity contribution in [3.8, 4) is 21.8 Å². The molecule has 0 aliphatic carbocycles. The highest BCUT2D eigenvalue weighted by Gasteiger charge is 2.26. The maximum Gasteiger partial charge on any atom is 0.293 e. The SMILES string of the molecule is NC(=O)c1ccccc1-c1c(-c2nccs2)noc1NC(=O)c1ccco1. The first-order valence-electron chi connectivity index (χ1n) is 7.78. The van der Waals surface area contributed by atoms with E-state index >= 15 is 0 Å². The summed E-state index contributed by atoms with van der Waals surface area (Å²) < 4.78 is 10.5. The Morgan fingerprint density at radius 3 is 2.70 bits per heavy atom. The van der Waals surface area contributed by atoms with Gasteiger partial charge in [0.25, 0.3) is 5.91 Å². The predicted octanol–water partition coefficient (Wildman–Crippen LogP) is 3.41. The number of thiazole rings is 1. The Labute approximate surface area is 156 Å². The zero-order valence-electron chi connectivity index (χ0n) is 13.7. The van der Waals surface area contributed by atoms with Crippen LogP contribution < -0.4 is 11.1 Å². The van der Waals surface area contributed by atoms with Crippen molar-refractivity contribution < 1.29 is 18.5 Å². The molecule has 4 aromatic rings. The third-order valence-electron chi connectivity index (χ3n) is 3.76. The fourth-order valence-electron chi connectivity index (χ4n) is 2.60. The molecule has 0 spiro atoms. The van der Waals surface area contributed by atoms with Gasteiger partial charge in [-0.1, -0.05) is 23.4 Å². The molecule has 0 radical (unpaired) electrons. The zero-order valence-corrected chi connectivity index (χ0v) is 14.5. The van der Waals surface area contributed by atoms with E-state index in [1.54, 1.807) is 41.9 Å². The lowest BCUT2D eigenvalue weighted by Crippen LogP contribution is -2.14. The number of nitrogens with one attached hydrogen (secondary N) is 1. The van der Waals surface area contributed by atoms with Crippen LogP contribution in [0.5, 0.6) is 0 Å². The van der Waals surface area contributed by atoms with Crippen molar-refractivity contribution in [3.63, 3.8) is 0 Å². The summed E-state index contributed by atoms with van der Waals surface area (Å²) in [6.07, 6.45) is 3.01. The van der Waals surface area contributed by atoms with Crippen LogP contribution in [0.4, 0.5) is 5.88 Å². The second-order valence-corrected chi connectivity index (χ2v) is 6.31. The van der Waals surface area contributed by atoms with E-state index in [0.29, 0.717) is 21.8 Å². The molecule has 0 saturated carbocycles. The lowest BCUT2D eigenvalue weighted by atomic mass is 9.99. The van der Waals surface area contributed by atoms with Gasteiger partial charge in [0.05, 0.1) is 11.8 Å². The van der Waals surface area contributed by atoms with Gasteiger partial charge in [0.15, 0.2) is 11.5 Å². The van der Waals surface area contributed by atoms with Crippen LogP contribution in [-0.2, 0) is 0 Å². The summed E-state index contributed by atoms with van der Waals surface area (Å²) in [5, 5.41) is 9.03. The summed E-state index contributed by atoms with van der Waals surface area (Å²) in [4.78, 5) is 28.5. The third kappa shape index (κ3) is 3.11. The zero-order chi connectivity index (χ0) is 18.8. The summed E-state index contributed by atoms with van der Waals surface area (Å²) in [7, 11) is 0. The first-order chi connectivity index (χ1) is 13.1. The quantitative estimate of drug-likeness (QED) is 0.547. The molecule has 3 heterocycles. The molecule has 1 aromatic carbocycles. The molecule has 4 rings (SSSR count). The molecule has 27 heavy (non-hydrogen) atoms. The van der Waals surface area contributed by atoms with Crippen molar-refractivity contribution in [1.82, 2.24) is 10.1 Å². The number of carbonyl (C=O) groups is 2. The summed E-state index contributed by atoms with van der Waals surface area (Å²) in [5.41, 5.74) is 7.07. The highest BCUT2D eigenvalue weighted by molar-refractivity contribution is 7.13. The number of nitrogens with zero attached hydrogens (tertiary/aromatic N) is 2. The summed E-state index contributed by atoms with van der Waals surface area (Å²) >= 11 is 1.35. The Balaban J connectivity index is 1.86. The van der Waals surface area contributed by atoms with Crippen LogP contribution in [0.1, 0.15) is 20.9 Å². The van der Waals surface area contributed by atoms with Gasteiger partial charge in [0, 0.05) is 22.7 Å². The number of nitrogens with two attached hydrogens (primary N) is 1. The van der Waals surface area contributed by atoms with Crippen LogP contribution in [0.2, 0.25) is 0 Å². The van der Waals surface area contributed by atoms with Crippen LogP contribution in [0.15, 0.2) is 63.2 Å². The summed E-state index contributed by atoms with van der Waals surface area (Å²) in [6, 6.07) is 9.85. The Morgan fingerprint density at radius 1 is 1.15 bits per heavy atom. The Hall–Kier alpha value is -3.72. The fraction of sp³-hybridized carbons (Fsp3) is 0. The molecule has 134 valence electrons. The van der Waals surface area contributed by atoms with E-state index in [1.165, 1.54) is 23.7 Å². The van der Waals surface area contributed by atoms with Gasteiger partial charge in [-0.15, -0.1) is 11.3 Å². The third-order valence-corrected chi connectivity index (χ3v) is 4.54. The Kier molecular flexibility index (Phi) is 4.27. The van der Waals surface area contributed by atoms with Crippen molar-refractivity contribution >= 4 is 29.0 Å². The van der Waals surface area contributed by atoms with Crippen molar-refractivity contribution in [3.05, 3.63) is 65.6 Å². The van der Waals surface area contributed by atoms with Crippen LogP contribution in [0.3, 0.4) is 0 Å². The Morgan fingerprint density at radius 2 is 2.00 bits per heavy atom. The number of benzene rings is 1. The first kappa shape index (κ1) is 16.7. The average molecular weight is 380 g/mol. The lowest BCUT2D eigenvalue weighted by molar-refractivity contribution is 0.0989. The molecular weight excluding hydrogens is 368 g/mol. The van der Waals surface area contributed by atoms with Gasteiger partial charge in [0.2, 0.25) is 11.8 Å². The number of aromatic nitrogens is 2. The van der Waals surface area contributed by atoms with E-state index in [4.69, 9.17) is 14.7 Å². The second-order valence-electron chi connectivity index (χ2n) is 5.41. The number of anilines is 1. The molecule has 2 amide bonds. The van der Waals surface area contributed by atoms with E-state index in [0.717, 1.165) is 0 Å².